The zero-order chi connectivity index (χ0) is 11.6. The number of hydrogen-bond donors (Lipinski definition) is 0. The second kappa shape index (κ2) is 4.40. The molecule has 0 radical (unpaired) electrons. The Morgan fingerprint density at radius 3 is 2.40 bits per heavy atom. The van der Waals surface area contributed by atoms with E-state index in [2.05, 4.69) is 20.7 Å². The van der Waals surface area contributed by atoms with Crippen LogP contribution >= 0.6 is 27.5 Å². The van der Waals surface area contributed by atoms with Gasteiger partial charge in [-0.3, -0.25) is 0 Å². The second-order valence-electron chi connectivity index (χ2n) is 2.51. The highest BCUT2D eigenvalue weighted by molar-refractivity contribution is 9.10. The van der Waals surface area contributed by atoms with Gasteiger partial charge in [0, 0.05) is 16.1 Å². The number of benzene rings is 1. The second-order valence-corrected chi connectivity index (χ2v) is 3.74. The molecule has 0 saturated carbocycles. The molecule has 0 heterocycles. The molecule has 0 amide bonds. The molecule has 7 heteroatoms. The molecular weight excluding hydrogens is 300 g/mol. The molecular formula is C8H3BrClF3O2. The van der Waals surface area contributed by atoms with Crippen LogP contribution in [0.2, 0.25) is 0 Å². The summed E-state index contributed by atoms with van der Waals surface area (Å²) in [6.07, 6.45) is -4.50. The molecule has 0 aliphatic heterocycles. The van der Waals surface area contributed by atoms with Crippen molar-refractivity contribution in [1.29, 1.82) is 0 Å². The van der Waals surface area contributed by atoms with Crippen molar-refractivity contribution in [2.45, 2.75) is 6.18 Å². The van der Waals surface area contributed by atoms with E-state index in [4.69, 9.17) is 11.6 Å². The first-order chi connectivity index (χ1) is 6.79. The molecule has 0 fully saturated rings. The van der Waals surface area contributed by atoms with Gasteiger partial charge in [0.1, 0.15) is 5.75 Å². The van der Waals surface area contributed by atoms with Gasteiger partial charge < -0.3 is 4.74 Å². The topological polar surface area (TPSA) is 26.3 Å². The highest BCUT2D eigenvalue weighted by atomic mass is 79.9. The van der Waals surface area contributed by atoms with Gasteiger partial charge >= 0.3 is 11.6 Å². The molecule has 0 aromatic heterocycles. The van der Waals surface area contributed by atoms with Crippen LogP contribution in [0.3, 0.4) is 0 Å². The van der Waals surface area contributed by atoms with Crippen molar-refractivity contribution in [3.63, 3.8) is 0 Å². The Morgan fingerprint density at radius 2 is 1.93 bits per heavy atom. The molecule has 15 heavy (non-hydrogen) atoms. The summed E-state index contributed by atoms with van der Waals surface area (Å²) in [6.45, 7) is 0. The lowest BCUT2D eigenvalue weighted by Gasteiger charge is -2.08. The van der Waals surface area contributed by atoms with E-state index in [1.807, 2.05) is 0 Å². The van der Waals surface area contributed by atoms with Crippen LogP contribution in [0.1, 0.15) is 5.56 Å². The highest BCUT2D eigenvalue weighted by Gasteiger charge is 2.31. The molecule has 2 nitrogen and oxygen atoms in total. The lowest BCUT2D eigenvalue weighted by molar-refractivity contribution is -0.137. The van der Waals surface area contributed by atoms with Gasteiger partial charge in [0.25, 0.3) is 0 Å². The fraction of sp³-hybridized carbons (Fsp3) is 0.125. The number of carbonyl (C=O) groups is 1. The Hall–Kier alpha value is -0.750. The Bertz CT molecular complexity index is 392. The molecule has 0 aliphatic carbocycles. The summed E-state index contributed by atoms with van der Waals surface area (Å²) in [7, 11) is 0. The fourth-order valence-electron chi connectivity index (χ4n) is 0.878. The Balaban J connectivity index is 3.11. The first kappa shape index (κ1) is 12.3. The quantitative estimate of drug-likeness (QED) is 0.727. The van der Waals surface area contributed by atoms with Crippen LogP contribution in [0.15, 0.2) is 22.7 Å². The minimum absolute atomic E-state index is 0.144. The van der Waals surface area contributed by atoms with E-state index in [-0.39, 0.29) is 10.2 Å². The Labute approximate surface area is 96.1 Å². The highest BCUT2D eigenvalue weighted by Crippen LogP contribution is 2.34. The number of ether oxygens (including phenoxy) is 1. The maximum Gasteiger partial charge on any atom is 0.416 e. The predicted octanol–water partition coefficient (Wildman–Crippen LogP) is 4.21. The molecule has 0 saturated heterocycles. The third-order valence-electron chi connectivity index (χ3n) is 1.40. The maximum atomic E-state index is 12.3. The molecule has 0 unspecified atom stereocenters. The normalized spacial score (nSPS) is 11.3. The molecule has 1 aromatic rings. The molecule has 1 rings (SSSR count). The number of alkyl halides is 3. The SMILES string of the molecule is O=C(Cl)Oc1cc(Br)cc(C(F)(F)F)c1. The molecule has 1 aromatic carbocycles. The van der Waals surface area contributed by atoms with Gasteiger partial charge in [0.15, 0.2) is 0 Å². The minimum atomic E-state index is -4.50. The average Bonchev–Trinajstić information content (AvgIpc) is 1.99. The number of hydrogen-bond acceptors (Lipinski definition) is 2. The lowest BCUT2D eigenvalue weighted by Crippen LogP contribution is -2.06. The van der Waals surface area contributed by atoms with E-state index in [0.29, 0.717) is 6.07 Å². The minimum Gasteiger partial charge on any atom is -0.414 e. The smallest absolute Gasteiger partial charge is 0.414 e. The van der Waals surface area contributed by atoms with Crippen molar-refractivity contribution < 1.29 is 22.7 Å². The molecule has 0 aliphatic rings. The standard InChI is InChI=1S/C8H3BrClF3O2/c9-5-1-4(8(11,12)13)2-6(3-5)15-7(10)14/h1-3H. The van der Waals surface area contributed by atoms with E-state index in [1.165, 1.54) is 6.07 Å². The van der Waals surface area contributed by atoms with Crippen molar-refractivity contribution in [3.8, 4) is 5.75 Å². The van der Waals surface area contributed by atoms with Gasteiger partial charge in [-0.05, 0) is 18.2 Å². The van der Waals surface area contributed by atoms with Crippen LogP contribution in [0, 0.1) is 0 Å². The first-order valence-corrected chi connectivity index (χ1v) is 4.71. The van der Waals surface area contributed by atoms with Crippen molar-refractivity contribution in [2.75, 3.05) is 0 Å². The molecule has 82 valence electrons. The number of halogens is 5. The van der Waals surface area contributed by atoms with Gasteiger partial charge in [0.2, 0.25) is 0 Å². The summed E-state index contributed by atoms with van der Waals surface area (Å²) in [6, 6.07) is 2.76. The van der Waals surface area contributed by atoms with Crippen LogP contribution in [0.4, 0.5) is 18.0 Å². The Kier molecular flexibility index (Phi) is 3.62. The van der Waals surface area contributed by atoms with Crippen LogP contribution in [-0.2, 0) is 6.18 Å². The van der Waals surface area contributed by atoms with E-state index in [0.717, 1.165) is 6.07 Å². The van der Waals surface area contributed by atoms with Gasteiger partial charge in [-0.1, -0.05) is 15.9 Å². The summed E-state index contributed by atoms with van der Waals surface area (Å²) in [5.74, 6) is -0.267. The average molecular weight is 303 g/mol. The predicted molar refractivity (Wildman–Crippen MR) is 51.0 cm³/mol. The molecule has 0 spiro atoms. The zero-order valence-electron chi connectivity index (χ0n) is 6.94. The van der Waals surface area contributed by atoms with Gasteiger partial charge in [-0.25, -0.2) is 4.79 Å². The molecule has 0 N–H and O–H groups in total. The number of carbonyl (C=O) groups excluding carboxylic acids is 1. The van der Waals surface area contributed by atoms with E-state index < -0.39 is 17.2 Å². The molecule has 0 bridgehead atoms. The lowest BCUT2D eigenvalue weighted by atomic mass is 10.2. The van der Waals surface area contributed by atoms with Crippen LogP contribution in [-0.4, -0.2) is 5.43 Å². The van der Waals surface area contributed by atoms with Gasteiger partial charge in [-0.15, -0.1) is 0 Å². The molecule has 0 atom stereocenters. The maximum absolute atomic E-state index is 12.3. The third kappa shape index (κ3) is 3.71. The number of rotatable bonds is 1. The van der Waals surface area contributed by atoms with Crippen LogP contribution in [0.5, 0.6) is 5.75 Å². The van der Waals surface area contributed by atoms with Crippen molar-refractivity contribution in [1.82, 2.24) is 0 Å². The Morgan fingerprint density at radius 1 is 1.33 bits per heavy atom. The van der Waals surface area contributed by atoms with E-state index >= 15 is 0 Å². The summed E-state index contributed by atoms with van der Waals surface area (Å²) in [4.78, 5) is 10.3. The van der Waals surface area contributed by atoms with E-state index in [9.17, 15) is 18.0 Å². The third-order valence-corrected chi connectivity index (χ3v) is 1.93. The van der Waals surface area contributed by atoms with E-state index in [1.54, 1.807) is 0 Å². The summed E-state index contributed by atoms with van der Waals surface area (Å²) >= 11 is 7.73. The summed E-state index contributed by atoms with van der Waals surface area (Å²) in [5, 5.41) is 0. The van der Waals surface area contributed by atoms with Crippen molar-refractivity contribution in [2.24, 2.45) is 0 Å². The summed E-state index contributed by atoms with van der Waals surface area (Å²) in [5.41, 5.74) is -2.12. The van der Waals surface area contributed by atoms with Gasteiger partial charge in [-0.2, -0.15) is 13.2 Å². The van der Waals surface area contributed by atoms with Crippen molar-refractivity contribution >= 4 is 33.0 Å². The van der Waals surface area contributed by atoms with Gasteiger partial charge in [0.05, 0.1) is 5.56 Å². The van der Waals surface area contributed by atoms with Crippen molar-refractivity contribution in [3.05, 3.63) is 28.2 Å². The first-order valence-electron chi connectivity index (χ1n) is 3.54. The largest absolute Gasteiger partial charge is 0.416 e. The zero-order valence-corrected chi connectivity index (χ0v) is 9.28. The monoisotopic (exact) mass is 302 g/mol. The summed E-state index contributed by atoms with van der Waals surface area (Å²) < 4.78 is 41.3. The van der Waals surface area contributed by atoms with Crippen LogP contribution in [0.25, 0.3) is 0 Å². The van der Waals surface area contributed by atoms with Crippen LogP contribution < -0.4 is 4.74 Å². The fourth-order valence-corrected chi connectivity index (χ4v) is 1.44.